The van der Waals surface area contributed by atoms with Gasteiger partial charge < -0.3 is 9.73 Å². The molecule has 0 saturated heterocycles. The Morgan fingerprint density at radius 2 is 1.72 bits per heavy atom. The molecule has 1 heterocycles. The molecule has 0 fully saturated rings. The van der Waals surface area contributed by atoms with Crippen LogP contribution in [0.15, 0.2) is 69.6 Å². The van der Waals surface area contributed by atoms with E-state index < -0.39 is 4.92 Å². The van der Waals surface area contributed by atoms with E-state index in [4.69, 9.17) is 4.42 Å². The van der Waals surface area contributed by atoms with E-state index in [9.17, 15) is 14.9 Å². The number of carbonyl (C=O) groups is 1. The summed E-state index contributed by atoms with van der Waals surface area (Å²) in [6, 6.07) is 16.8. The molecule has 6 nitrogen and oxygen atoms in total. The van der Waals surface area contributed by atoms with Crippen LogP contribution in [0.2, 0.25) is 0 Å². The average molecular weight is 401 g/mol. The van der Waals surface area contributed by atoms with E-state index in [1.54, 1.807) is 6.07 Å². The summed E-state index contributed by atoms with van der Waals surface area (Å²) in [5.41, 5.74) is 1.24. The lowest BCUT2D eigenvalue weighted by Crippen LogP contribution is -2.22. The molecule has 25 heavy (non-hydrogen) atoms. The van der Waals surface area contributed by atoms with E-state index in [1.807, 2.05) is 30.3 Å². The minimum Gasteiger partial charge on any atom is -0.459 e. The molecular weight excluding hydrogens is 388 g/mol. The molecule has 0 aliphatic rings. The van der Waals surface area contributed by atoms with E-state index in [-0.39, 0.29) is 18.1 Å². The zero-order chi connectivity index (χ0) is 17.8. The van der Waals surface area contributed by atoms with E-state index in [0.29, 0.717) is 17.1 Å². The van der Waals surface area contributed by atoms with Gasteiger partial charge in [-0.2, -0.15) is 0 Å². The van der Waals surface area contributed by atoms with Crippen molar-refractivity contribution in [3.8, 4) is 11.3 Å². The van der Waals surface area contributed by atoms with Crippen LogP contribution in [0.4, 0.5) is 5.69 Å². The first-order valence-corrected chi connectivity index (χ1v) is 8.19. The SMILES string of the molecule is O=C(NCc1ccc(-c2ccc(Br)cc2)o1)c1ccc([N+](=O)[O-])cc1. The van der Waals surface area contributed by atoms with Crippen molar-refractivity contribution >= 4 is 27.5 Å². The van der Waals surface area contributed by atoms with E-state index in [1.165, 1.54) is 24.3 Å². The van der Waals surface area contributed by atoms with Gasteiger partial charge >= 0.3 is 0 Å². The maximum Gasteiger partial charge on any atom is 0.269 e. The molecule has 0 aliphatic heterocycles. The third kappa shape index (κ3) is 4.13. The fraction of sp³-hybridized carbons (Fsp3) is 0.0556. The molecule has 3 rings (SSSR count). The third-order valence-electron chi connectivity index (χ3n) is 3.55. The zero-order valence-electron chi connectivity index (χ0n) is 12.9. The molecule has 1 amide bonds. The molecule has 3 aromatic rings. The van der Waals surface area contributed by atoms with Gasteiger partial charge in [0.05, 0.1) is 11.5 Å². The maximum atomic E-state index is 12.1. The fourth-order valence-corrected chi connectivity index (χ4v) is 2.51. The molecule has 1 aromatic heterocycles. The highest BCUT2D eigenvalue weighted by Crippen LogP contribution is 2.24. The lowest BCUT2D eigenvalue weighted by atomic mass is 10.2. The minimum absolute atomic E-state index is 0.0540. The molecule has 0 atom stereocenters. The fourth-order valence-electron chi connectivity index (χ4n) is 2.25. The topological polar surface area (TPSA) is 85.4 Å². The molecule has 7 heteroatoms. The van der Waals surface area contributed by atoms with Gasteiger partial charge in [-0.3, -0.25) is 14.9 Å². The summed E-state index contributed by atoms with van der Waals surface area (Å²) in [5, 5.41) is 13.3. The Balaban J connectivity index is 1.62. The van der Waals surface area contributed by atoms with E-state index in [0.717, 1.165) is 10.0 Å². The number of non-ortho nitro benzene ring substituents is 1. The predicted octanol–water partition coefficient (Wildman–Crippen LogP) is 4.55. The van der Waals surface area contributed by atoms with Crippen LogP contribution in [0, 0.1) is 10.1 Å². The van der Waals surface area contributed by atoms with Gasteiger partial charge in [-0.15, -0.1) is 0 Å². The molecular formula is C18H13BrN2O4. The molecule has 0 aliphatic carbocycles. The van der Waals surface area contributed by atoms with Crippen LogP contribution >= 0.6 is 15.9 Å². The van der Waals surface area contributed by atoms with Crippen molar-refractivity contribution in [3.05, 3.63) is 86.6 Å². The Hall–Kier alpha value is -2.93. The van der Waals surface area contributed by atoms with E-state index in [2.05, 4.69) is 21.2 Å². The number of hydrogen-bond acceptors (Lipinski definition) is 4. The van der Waals surface area contributed by atoms with Crippen molar-refractivity contribution < 1.29 is 14.1 Å². The van der Waals surface area contributed by atoms with Crippen molar-refractivity contribution in [1.29, 1.82) is 0 Å². The number of furan rings is 1. The highest BCUT2D eigenvalue weighted by Gasteiger charge is 2.10. The van der Waals surface area contributed by atoms with Crippen molar-refractivity contribution in [1.82, 2.24) is 5.32 Å². The highest BCUT2D eigenvalue weighted by atomic mass is 79.9. The normalized spacial score (nSPS) is 10.4. The van der Waals surface area contributed by atoms with Gasteiger partial charge in [0.15, 0.2) is 0 Å². The van der Waals surface area contributed by atoms with Crippen LogP contribution in [0.25, 0.3) is 11.3 Å². The van der Waals surface area contributed by atoms with Crippen LogP contribution < -0.4 is 5.32 Å². The number of amides is 1. The number of halogens is 1. The quantitative estimate of drug-likeness (QED) is 0.502. The van der Waals surface area contributed by atoms with Crippen LogP contribution in [0.3, 0.4) is 0 Å². The van der Waals surface area contributed by atoms with Crippen LogP contribution in [-0.2, 0) is 6.54 Å². The van der Waals surface area contributed by atoms with Crippen molar-refractivity contribution in [2.45, 2.75) is 6.54 Å². The molecule has 1 N–H and O–H groups in total. The average Bonchev–Trinajstić information content (AvgIpc) is 3.09. The number of carbonyl (C=O) groups excluding carboxylic acids is 1. The molecule has 0 bridgehead atoms. The number of rotatable bonds is 5. The highest BCUT2D eigenvalue weighted by molar-refractivity contribution is 9.10. The number of hydrogen-bond donors (Lipinski definition) is 1. The smallest absolute Gasteiger partial charge is 0.269 e. The van der Waals surface area contributed by atoms with Crippen molar-refractivity contribution in [2.75, 3.05) is 0 Å². The third-order valence-corrected chi connectivity index (χ3v) is 4.08. The monoisotopic (exact) mass is 400 g/mol. The molecule has 0 radical (unpaired) electrons. The first-order chi connectivity index (χ1) is 12.0. The van der Waals surface area contributed by atoms with Gasteiger partial charge in [-0.25, -0.2) is 0 Å². The minimum atomic E-state index is -0.506. The summed E-state index contributed by atoms with van der Waals surface area (Å²) in [7, 11) is 0. The van der Waals surface area contributed by atoms with Gasteiger partial charge in [0, 0.05) is 27.7 Å². The Labute approximate surface area is 151 Å². The molecule has 126 valence electrons. The zero-order valence-corrected chi connectivity index (χ0v) is 14.5. The first-order valence-electron chi connectivity index (χ1n) is 7.40. The summed E-state index contributed by atoms with van der Waals surface area (Å²) in [6.45, 7) is 0.229. The van der Waals surface area contributed by atoms with Gasteiger partial charge in [-0.05, 0) is 36.4 Å². The lowest BCUT2D eigenvalue weighted by Gasteiger charge is -2.03. The number of nitrogens with zero attached hydrogens (tertiary/aromatic N) is 1. The Bertz CT molecular complexity index is 902. The second-order valence-corrected chi connectivity index (χ2v) is 6.18. The molecule has 0 saturated carbocycles. The summed E-state index contributed by atoms with van der Waals surface area (Å²) in [5.74, 6) is 1.01. The van der Waals surface area contributed by atoms with E-state index >= 15 is 0 Å². The van der Waals surface area contributed by atoms with Crippen molar-refractivity contribution in [3.63, 3.8) is 0 Å². The predicted molar refractivity (Wildman–Crippen MR) is 96.1 cm³/mol. The molecule has 2 aromatic carbocycles. The molecule has 0 spiro atoms. The van der Waals surface area contributed by atoms with Crippen LogP contribution in [0.1, 0.15) is 16.1 Å². The largest absolute Gasteiger partial charge is 0.459 e. The first kappa shape index (κ1) is 16.9. The Morgan fingerprint density at radius 1 is 1.04 bits per heavy atom. The van der Waals surface area contributed by atoms with Crippen LogP contribution in [-0.4, -0.2) is 10.8 Å². The van der Waals surface area contributed by atoms with Crippen molar-refractivity contribution in [2.24, 2.45) is 0 Å². The number of benzene rings is 2. The van der Waals surface area contributed by atoms with Gasteiger partial charge in [-0.1, -0.05) is 28.1 Å². The number of nitrogens with one attached hydrogen (secondary N) is 1. The summed E-state index contributed by atoms with van der Waals surface area (Å²) in [6.07, 6.45) is 0. The lowest BCUT2D eigenvalue weighted by molar-refractivity contribution is -0.384. The summed E-state index contributed by atoms with van der Waals surface area (Å²) >= 11 is 3.38. The standard InChI is InChI=1S/C18H13BrN2O4/c19-14-5-1-12(2-6-14)17-10-9-16(25-17)11-20-18(22)13-3-7-15(8-4-13)21(23)24/h1-10H,11H2,(H,20,22). The Morgan fingerprint density at radius 3 is 2.36 bits per heavy atom. The van der Waals surface area contributed by atoms with Crippen LogP contribution in [0.5, 0.6) is 0 Å². The number of nitro benzene ring substituents is 1. The van der Waals surface area contributed by atoms with Gasteiger partial charge in [0.1, 0.15) is 11.5 Å². The Kier molecular flexibility index (Phi) is 4.95. The molecule has 0 unspecified atom stereocenters. The number of nitro groups is 1. The van der Waals surface area contributed by atoms with Gasteiger partial charge in [0.25, 0.3) is 11.6 Å². The van der Waals surface area contributed by atoms with Gasteiger partial charge in [0.2, 0.25) is 0 Å². The second-order valence-electron chi connectivity index (χ2n) is 5.26. The summed E-state index contributed by atoms with van der Waals surface area (Å²) < 4.78 is 6.71. The summed E-state index contributed by atoms with van der Waals surface area (Å²) in [4.78, 5) is 22.2. The second kappa shape index (κ2) is 7.31. The maximum absolute atomic E-state index is 12.1.